The first-order valence-corrected chi connectivity index (χ1v) is 12.8. The number of hydrogen-bond donors (Lipinski definition) is 4. The molecule has 0 saturated carbocycles. The van der Waals surface area contributed by atoms with E-state index in [1.807, 2.05) is 26.8 Å². The summed E-state index contributed by atoms with van der Waals surface area (Å²) >= 11 is 0. The first-order chi connectivity index (χ1) is 18.3. The smallest absolute Gasteiger partial charge is 0.252 e. The number of oxazole rings is 1. The zero-order valence-electron chi connectivity index (χ0n) is 22.4. The lowest BCUT2D eigenvalue weighted by atomic mass is 10.0. The van der Waals surface area contributed by atoms with Crippen LogP contribution in [0.4, 0.5) is 4.39 Å². The van der Waals surface area contributed by atoms with Gasteiger partial charge in [-0.3, -0.25) is 10.1 Å². The van der Waals surface area contributed by atoms with Crippen molar-refractivity contribution >= 4 is 11.5 Å². The van der Waals surface area contributed by atoms with Crippen LogP contribution in [-0.4, -0.2) is 45.6 Å². The third kappa shape index (κ3) is 7.47. The number of nitrogens with zero attached hydrogens (tertiary/aromatic N) is 3. The van der Waals surface area contributed by atoms with Gasteiger partial charge in [0.25, 0.3) is 5.91 Å². The third-order valence-corrected chi connectivity index (χ3v) is 6.27. The van der Waals surface area contributed by atoms with Crippen molar-refractivity contribution in [1.29, 1.82) is 0 Å². The average Bonchev–Trinajstić information content (AvgIpc) is 3.54. The molecule has 2 atom stereocenters. The number of carbonyl (C=O) groups excluding carboxylic acids is 1. The number of aromatic nitrogens is 3. The van der Waals surface area contributed by atoms with Crippen LogP contribution in [0.25, 0.3) is 11.3 Å². The normalized spacial score (nSPS) is 13.4. The van der Waals surface area contributed by atoms with Gasteiger partial charge in [-0.15, -0.1) is 0 Å². The predicted octanol–water partition coefficient (Wildman–Crippen LogP) is 3.94. The molecule has 10 heteroatoms. The zero-order valence-corrected chi connectivity index (χ0v) is 22.4. The molecule has 2 unspecified atom stereocenters. The molecule has 0 bridgehead atoms. The number of carbonyl (C=O) groups is 1. The predicted molar refractivity (Wildman–Crippen MR) is 145 cm³/mol. The summed E-state index contributed by atoms with van der Waals surface area (Å²) in [6.07, 6.45) is 6.31. The molecule has 0 spiro atoms. The highest BCUT2D eigenvalue weighted by Crippen LogP contribution is 2.25. The summed E-state index contributed by atoms with van der Waals surface area (Å²) in [5.41, 5.74) is 4.26. The average molecular weight is 525 g/mol. The van der Waals surface area contributed by atoms with E-state index in [1.54, 1.807) is 36.3 Å². The van der Waals surface area contributed by atoms with E-state index >= 15 is 0 Å². The van der Waals surface area contributed by atoms with Crippen LogP contribution in [-0.2, 0) is 11.3 Å². The monoisotopic (exact) mass is 524 g/mol. The number of nitrogens with one attached hydrogen (secondary N) is 3. The van der Waals surface area contributed by atoms with Gasteiger partial charge in [-0.05, 0) is 57.5 Å². The van der Waals surface area contributed by atoms with E-state index in [-0.39, 0.29) is 11.7 Å². The number of likely N-dealkylation sites (N-methyl/N-ethyl adjacent to an activating group) is 1. The van der Waals surface area contributed by atoms with Gasteiger partial charge in [0.05, 0.1) is 17.6 Å². The maximum atomic E-state index is 13.6. The molecule has 1 amide bonds. The molecule has 3 rings (SSSR count). The number of halogens is 1. The number of amides is 1. The summed E-state index contributed by atoms with van der Waals surface area (Å²) in [4.78, 5) is 18.1. The van der Waals surface area contributed by atoms with Crippen LogP contribution in [0.5, 0.6) is 0 Å². The Morgan fingerprint density at radius 3 is 2.68 bits per heavy atom. The minimum Gasteiger partial charge on any atom is -0.446 e. The highest BCUT2D eigenvalue weighted by molar-refractivity contribution is 6.19. The van der Waals surface area contributed by atoms with Crippen LogP contribution in [0.15, 0.2) is 59.4 Å². The van der Waals surface area contributed by atoms with Crippen molar-refractivity contribution in [2.75, 3.05) is 13.6 Å². The van der Waals surface area contributed by atoms with Crippen molar-refractivity contribution < 1.29 is 18.7 Å². The van der Waals surface area contributed by atoms with Gasteiger partial charge in [0.15, 0.2) is 0 Å². The fourth-order valence-electron chi connectivity index (χ4n) is 3.81. The first kappa shape index (κ1) is 29.0. The Morgan fingerprint density at radius 1 is 1.29 bits per heavy atom. The standard InChI is InChI=1S/C28H37FN6O3/c1-6-18(3)8-13-23(24-15-32-35(19(24)4)22-11-9-20(29)10-12-22)27(37)34-25(7-2)28-33-21(17-38-28)14-31-16-26(36)30-5/h9-13,15,17,25-26,30-31,36H,3,6-8,14,16H2,1-2,4-5H3,(H,34,37). The second-order valence-electron chi connectivity index (χ2n) is 9.00. The van der Waals surface area contributed by atoms with Gasteiger partial charge in [0, 0.05) is 29.9 Å². The molecule has 0 radical (unpaired) electrons. The van der Waals surface area contributed by atoms with E-state index in [2.05, 4.69) is 32.6 Å². The molecule has 4 N–H and O–H groups in total. The first-order valence-electron chi connectivity index (χ1n) is 12.8. The van der Waals surface area contributed by atoms with Gasteiger partial charge >= 0.3 is 0 Å². The summed E-state index contributed by atoms with van der Waals surface area (Å²) in [6.45, 7) is 10.7. The fourth-order valence-corrected chi connectivity index (χ4v) is 3.81. The molecule has 0 fully saturated rings. The van der Waals surface area contributed by atoms with Crippen molar-refractivity contribution in [3.63, 3.8) is 0 Å². The van der Waals surface area contributed by atoms with Gasteiger partial charge in [-0.25, -0.2) is 14.1 Å². The molecule has 2 heterocycles. The Bertz CT molecular complexity index is 1250. The number of aliphatic hydroxyl groups is 1. The maximum Gasteiger partial charge on any atom is 0.252 e. The molecule has 38 heavy (non-hydrogen) atoms. The highest BCUT2D eigenvalue weighted by atomic mass is 19.1. The van der Waals surface area contributed by atoms with Gasteiger partial charge in [-0.2, -0.15) is 5.10 Å². The van der Waals surface area contributed by atoms with E-state index in [1.165, 1.54) is 12.1 Å². The SMILES string of the molecule is C=C(CC)CC=C(C(=O)NC(CC)c1nc(CNCC(O)NC)co1)c1cnn(-c2ccc(F)cc2)c1C. The van der Waals surface area contributed by atoms with Gasteiger partial charge in [-0.1, -0.05) is 32.1 Å². The minimum absolute atomic E-state index is 0.280. The van der Waals surface area contributed by atoms with Gasteiger partial charge in [0.1, 0.15) is 24.4 Å². The Morgan fingerprint density at radius 2 is 2.03 bits per heavy atom. The summed E-state index contributed by atoms with van der Waals surface area (Å²) in [6, 6.07) is 5.59. The highest BCUT2D eigenvalue weighted by Gasteiger charge is 2.23. The molecule has 3 aromatic rings. The summed E-state index contributed by atoms with van der Waals surface area (Å²) in [7, 11) is 1.67. The van der Waals surface area contributed by atoms with E-state index in [0.717, 1.165) is 17.7 Å². The molecule has 2 aromatic heterocycles. The van der Waals surface area contributed by atoms with Crippen LogP contribution in [0.2, 0.25) is 0 Å². The largest absolute Gasteiger partial charge is 0.446 e. The lowest BCUT2D eigenvalue weighted by Gasteiger charge is -2.16. The summed E-state index contributed by atoms with van der Waals surface area (Å²) in [5.74, 6) is -0.205. The molecule has 0 aliphatic rings. The molecule has 9 nitrogen and oxygen atoms in total. The quantitative estimate of drug-likeness (QED) is 0.143. The molecule has 0 saturated heterocycles. The second-order valence-corrected chi connectivity index (χ2v) is 9.00. The molecular weight excluding hydrogens is 487 g/mol. The third-order valence-electron chi connectivity index (χ3n) is 6.27. The number of aliphatic hydroxyl groups excluding tert-OH is 1. The van der Waals surface area contributed by atoms with Crippen molar-refractivity contribution in [2.45, 2.75) is 58.8 Å². The zero-order chi connectivity index (χ0) is 27.7. The van der Waals surface area contributed by atoms with Crippen molar-refractivity contribution in [2.24, 2.45) is 0 Å². The topological polar surface area (TPSA) is 117 Å². The van der Waals surface area contributed by atoms with Gasteiger partial charge < -0.3 is 20.2 Å². The van der Waals surface area contributed by atoms with Crippen LogP contribution in [0.3, 0.4) is 0 Å². The lowest BCUT2D eigenvalue weighted by molar-refractivity contribution is -0.116. The van der Waals surface area contributed by atoms with Crippen LogP contribution in [0.1, 0.15) is 62.0 Å². The molecule has 0 aliphatic carbocycles. The van der Waals surface area contributed by atoms with Crippen LogP contribution >= 0.6 is 0 Å². The van der Waals surface area contributed by atoms with E-state index in [4.69, 9.17) is 4.42 Å². The number of hydrogen-bond acceptors (Lipinski definition) is 7. The Kier molecular flexibility index (Phi) is 10.5. The van der Waals surface area contributed by atoms with Crippen LogP contribution < -0.4 is 16.0 Å². The maximum absolute atomic E-state index is 13.6. The van der Waals surface area contributed by atoms with Crippen molar-refractivity contribution in [3.05, 3.63) is 83.6 Å². The fraction of sp³-hybridized carbons (Fsp3) is 0.393. The van der Waals surface area contributed by atoms with E-state index in [0.29, 0.717) is 54.3 Å². The van der Waals surface area contributed by atoms with E-state index in [9.17, 15) is 14.3 Å². The van der Waals surface area contributed by atoms with Gasteiger partial charge in [0.2, 0.25) is 5.89 Å². The summed E-state index contributed by atoms with van der Waals surface area (Å²) in [5, 5.41) is 23.0. The van der Waals surface area contributed by atoms with Crippen molar-refractivity contribution in [1.82, 2.24) is 30.7 Å². The molecular formula is C28H37FN6O3. The Labute approximate surface area is 222 Å². The second kappa shape index (κ2) is 13.8. The lowest BCUT2D eigenvalue weighted by Crippen LogP contribution is -2.35. The minimum atomic E-state index is -0.658. The Hall–Kier alpha value is -3.60. The molecule has 0 aliphatic heterocycles. The van der Waals surface area contributed by atoms with E-state index < -0.39 is 12.3 Å². The summed E-state index contributed by atoms with van der Waals surface area (Å²) < 4.78 is 20.8. The number of rotatable bonds is 14. The van der Waals surface area contributed by atoms with Crippen molar-refractivity contribution in [3.8, 4) is 5.69 Å². The molecule has 204 valence electrons. The number of allylic oxidation sites excluding steroid dienone is 2. The van der Waals surface area contributed by atoms with Crippen LogP contribution in [0, 0.1) is 12.7 Å². The Balaban J connectivity index is 1.82. The number of benzene rings is 1. The molecule has 1 aromatic carbocycles.